The molecule has 0 fully saturated rings. The van der Waals surface area contributed by atoms with Crippen LogP contribution in [0.15, 0.2) is 17.3 Å². The number of hydrogen-bond acceptors (Lipinski definition) is 3. The fraction of sp³-hybridized carbons (Fsp3) is 0.200. The van der Waals surface area contributed by atoms with Gasteiger partial charge in [-0.2, -0.15) is 4.91 Å². The van der Waals surface area contributed by atoms with E-state index in [2.05, 4.69) is 5.18 Å². The van der Waals surface area contributed by atoms with Crippen molar-refractivity contribution in [3.8, 4) is 0 Å². The monoisotopic (exact) mass is 161 g/mol. The van der Waals surface area contributed by atoms with E-state index in [4.69, 9.17) is 11.6 Å². The fourth-order valence-electron chi connectivity index (χ4n) is 0.500. The van der Waals surface area contributed by atoms with Crippen molar-refractivity contribution < 1.29 is 0 Å². The lowest BCUT2D eigenvalue weighted by molar-refractivity contribution is 1.09. The molecule has 48 valence electrons. The first-order valence-electron chi connectivity index (χ1n) is 2.36. The van der Waals surface area contributed by atoms with Crippen LogP contribution < -0.4 is 0 Å². The summed E-state index contributed by atoms with van der Waals surface area (Å²) in [4.78, 5) is 10.6. The minimum Gasteiger partial charge on any atom is -0.150 e. The first-order valence-corrected chi connectivity index (χ1v) is 3.55. The lowest BCUT2D eigenvalue weighted by Gasteiger charge is -1.78. The van der Waals surface area contributed by atoms with E-state index in [0.717, 1.165) is 4.88 Å². The lowest BCUT2D eigenvalue weighted by Crippen LogP contribution is -1.66. The minimum atomic E-state index is 0.234. The maximum absolute atomic E-state index is 9.70. The predicted molar refractivity (Wildman–Crippen MR) is 38.8 cm³/mol. The largest absolute Gasteiger partial charge is 0.150 e. The molecular weight excluding hydrogens is 158 g/mol. The molecule has 0 aromatic carbocycles. The average molecular weight is 162 g/mol. The number of nitroso groups, excluding NO2 is 1. The van der Waals surface area contributed by atoms with E-state index in [-0.39, 0.29) is 6.54 Å². The van der Waals surface area contributed by atoms with Crippen LogP contribution in [-0.2, 0) is 6.54 Å². The Balaban J connectivity index is 2.72. The van der Waals surface area contributed by atoms with Crippen molar-refractivity contribution in [2.75, 3.05) is 0 Å². The molecule has 0 saturated carbocycles. The fourth-order valence-corrected chi connectivity index (χ4v) is 1.50. The zero-order chi connectivity index (χ0) is 6.69. The Morgan fingerprint density at radius 1 is 1.67 bits per heavy atom. The number of rotatable bonds is 2. The van der Waals surface area contributed by atoms with Gasteiger partial charge in [0.05, 0.1) is 4.34 Å². The predicted octanol–water partition coefficient (Wildman–Crippen LogP) is 2.67. The summed E-state index contributed by atoms with van der Waals surface area (Å²) in [6.45, 7) is 0.234. The molecule has 0 bridgehead atoms. The number of hydrogen-bond donors (Lipinski definition) is 0. The van der Waals surface area contributed by atoms with E-state index in [1.54, 1.807) is 12.1 Å². The van der Waals surface area contributed by atoms with Crippen LogP contribution in [0.2, 0.25) is 4.34 Å². The van der Waals surface area contributed by atoms with Crippen LogP contribution >= 0.6 is 22.9 Å². The Bertz CT molecular complexity index is 210. The van der Waals surface area contributed by atoms with Crippen LogP contribution in [0.5, 0.6) is 0 Å². The molecule has 1 heterocycles. The van der Waals surface area contributed by atoms with E-state index in [1.165, 1.54) is 11.3 Å². The maximum Gasteiger partial charge on any atom is 0.115 e. The maximum atomic E-state index is 9.70. The Morgan fingerprint density at radius 3 is 2.89 bits per heavy atom. The SMILES string of the molecule is O=NCc1ccc(Cl)s1. The van der Waals surface area contributed by atoms with Crippen LogP contribution in [0.4, 0.5) is 0 Å². The Labute approximate surface area is 61.4 Å². The highest BCUT2D eigenvalue weighted by atomic mass is 35.5. The van der Waals surface area contributed by atoms with Gasteiger partial charge in [-0.05, 0) is 12.1 Å². The first kappa shape index (κ1) is 6.71. The zero-order valence-electron chi connectivity index (χ0n) is 4.50. The van der Waals surface area contributed by atoms with Gasteiger partial charge in [0, 0.05) is 4.88 Å². The highest BCUT2D eigenvalue weighted by Gasteiger charge is 1.94. The van der Waals surface area contributed by atoms with Crippen molar-refractivity contribution in [2.45, 2.75) is 6.54 Å². The van der Waals surface area contributed by atoms with E-state index >= 15 is 0 Å². The molecule has 1 aromatic rings. The third-order valence-corrected chi connectivity index (χ3v) is 2.07. The van der Waals surface area contributed by atoms with Crippen LogP contribution in [0, 0.1) is 4.91 Å². The molecule has 1 rings (SSSR count). The third kappa shape index (κ3) is 1.77. The minimum absolute atomic E-state index is 0.234. The number of thiophene rings is 1. The summed E-state index contributed by atoms with van der Waals surface area (Å²) in [7, 11) is 0. The van der Waals surface area contributed by atoms with Crippen molar-refractivity contribution >= 4 is 22.9 Å². The Kier molecular flexibility index (Phi) is 2.19. The molecule has 0 radical (unpaired) electrons. The van der Waals surface area contributed by atoms with Crippen molar-refractivity contribution in [2.24, 2.45) is 5.18 Å². The summed E-state index contributed by atoms with van der Waals surface area (Å²) in [5, 5.41) is 2.72. The summed E-state index contributed by atoms with van der Waals surface area (Å²) < 4.78 is 0.702. The van der Waals surface area contributed by atoms with E-state index in [0.29, 0.717) is 4.34 Å². The van der Waals surface area contributed by atoms with Crippen LogP contribution in [0.1, 0.15) is 4.88 Å². The van der Waals surface area contributed by atoms with Gasteiger partial charge in [-0.1, -0.05) is 16.8 Å². The number of nitrogens with zero attached hydrogens (tertiary/aromatic N) is 1. The summed E-state index contributed by atoms with van der Waals surface area (Å²) >= 11 is 6.95. The third-order valence-electron chi connectivity index (χ3n) is 0.849. The zero-order valence-corrected chi connectivity index (χ0v) is 6.08. The van der Waals surface area contributed by atoms with E-state index in [1.807, 2.05) is 0 Å². The van der Waals surface area contributed by atoms with Gasteiger partial charge in [0.1, 0.15) is 6.54 Å². The van der Waals surface area contributed by atoms with Crippen molar-refractivity contribution in [3.05, 3.63) is 26.3 Å². The molecule has 9 heavy (non-hydrogen) atoms. The van der Waals surface area contributed by atoms with Crippen molar-refractivity contribution in [3.63, 3.8) is 0 Å². The van der Waals surface area contributed by atoms with Crippen LogP contribution in [0.3, 0.4) is 0 Å². The quantitative estimate of drug-likeness (QED) is 0.614. The second kappa shape index (κ2) is 2.94. The molecule has 0 unspecified atom stereocenters. The van der Waals surface area contributed by atoms with Gasteiger partial charge in [0.2, 0.25) is 0 Å². The summed E-state index contributed by atoms with van der Waals surface area (Å²) in [6.07, 6.45) is 0. The second-order valence-electron chi connectivity index (χ2n) is 1.49. The topological polar surface area (TPSA) is 29.4 Å². The first-order chi connectivity index (χ1) is 4.33. The van der Waals surface area contributed by atoms with Crippen LogP contribution in [-0.4, -0.2) is 0 Å². The van der Waals surface area contributed by atoms with Crippen LogP contribution in [0.25, 0.3) is 0 Å². The van der Waals surface area contributed by atoms with Crippen molar-refractivity contribution in [1.29, 1.82) is 0 Å². The van der Waals surface area contributed by atoms with Gasteiger partial charge < -0.3 is 0 Å². The molecule has 0 saturated heterocycles. The highest BCUT2D eigenvalue weighted by Crippen LogP contribution is 2.21. The summed E-state index contributed by atoms with van der Waals surface area (Å²) in [5.74, 6) is 0. The molecule has 0 aliphatic carbocycles. The Morgan fingerprint density at radius 2 is 2.44 bits per heavy atom. The molecule has 0 spiro atoms. The molecule has 1 aromatic heterocycles. The molecule has 0 aliphatic rings. The lowest BCUT2D eigenvalue weighted by atomic mass is 10.5. The Hall–Kier alpha value is -0.410. The molecule has 2 nitrogen and oxygen atoms in total. The van der Waals surface area contributed by atoms with Gasteiger partial charge in [0.25, 0.3) is 0 Å². The van der Waals surface area contributed by atoms with Gasteiger partial charge in [0.15, 0.2) is 0 Å². The standard InChI is InChI=1S/C5H4ClNOS/c6-5-2-1-4(9-5)3-7-8/h1-2H,3H2. The highest BCUT2D eigenvalue weighted by molar-refractivity contribution is 7.16. The smallest absolute Gasteiger partial charge is 0.115 e. The van der Waals surface area contributed by atoms with E-state index < -0.39 is 0 Å². The average Bonchev–Trinajstić information content (AvgIpc) is 2.17. The van der Waals surface area contributed by atoms with Crippen molar-refractivity contribution in [1.82, 2.24) is 0 Å². The summed E-state index contributed by atoms with van der Waals surface area (Å²) in [5.41, 5.74) is 0. The normalized spacial score (nSPS) is 9.44. The van der Waals surface area contributed by atoms with E-state index in [9.17, 15) is 4.91 Å². The van der Waals surface area contributed by atoms with Gasteiger partial charge in [-0.3, -0.25) is 0 Å². The van der Waals surface area contributed by atoms with Gasteiger partial charge in [-0.15, -0.1) is 11.3 Å². The summed E-state index contributed by atoms with van der Waals surface area (Å²) in [6, 6.07) is 3.56. The molecule has 0 N–H and O–H groups in total. The second-order valence-corrected chi connectivity index (χ2v) is 3.29. The molecule has 4 heteroatoms. The molecule has 0 amide bonds. The molecule has 0 aliphatic heterocycles. The van der Waals surface area contributed by atoms with Gasteiger partial charge in [-0.25, -0.2) is 0 Å². The number of halogens is 1. The molecular formula is C5H4ClNOS. The van der Waals surface area contributed by atoms with Gasteiger partial charge >= 0.3 is 0 Å². The molecule has 0 atom stereocenters.